The zero-order chi connectivity index (χ0) is 19.6. The molecule has 0 aliphatic carbocycles. The molecule has 0 aromatic heterocycles. The second-order valence-corrected chi connectivity index (χ2v) is 8.21. The Hall–Kier alpha value is -1.89. The van der Waals surface area contributed by atoms with Gasteiger partial charge < -0.3 is 19.9 Å². The fraction of sp³-hybridized carbons (Fsp3) is 0.600. The van der Waals surface area contributed by atoms with E-state index in [-0.39, 0.29) is 12.5 Å². The molecule has 1 atom stereocenters. The molecular weight excluding hydrogens is 360 g/mol. The summed E-state index contributed by atoms with van der Waals surface area (Å²) in [5.74, 6) is 2.83. The molecule has 0 bridgehead atoms. The van der Waals surface area contributed by atoms with Crippen LogP contribution in [0.4, 0.5) is 0 Å². The average molecular weight is 393 g/mol. The van der Waals surface area contributed by atoms with Crippen molar-refractivity contribution < 1.29 is 9.53 Å². The number of nitrogens with one attached hydrogen (secondary N) is 1. The van der Waals surface area contributed by atoms with E-state index in [1.807, 2.05) is 23.9 Å². The van der Waals surface area contributed by atoms with Crippen molar-refractivity contribution >= 4 is 23.6 Å². The Balaban J connectivity index is 1.97. The van der Waals surface area contributed by atoms with Gasteiger partial charge in [-0.1, -0.05) is 19.1 Å². The van der Waals surface area contributed by atoms with Crippen LogP contribution in [0.5, 0.6) is 5.75 Å². The highest BCUT2D eigenvalue weighted by molar-refractivity contribution is 8.00. The zero-order valence-corrected chi connectivity index (χ0v) is 17.7. The number of nitrogens with zero attached hydrogens (tertiary/aromatic N) is 3. The van der Waals surface area contributed by atoms with Crippen LogP contribution in [-0.4, -0.2) is 80.1 Å². The van der Waals surface area contributed by atoms with E-state index in [0.29, 0.717) is 5.25 Å². The summed E-state index contributed by atoms with van der Waals surface area (Å²) < 4.78 is 5.21. The van der Waals surface area contributed by atoms with Crippen LogP contribution in [0.3, 0.4) is 0 Å². The lowest BCUT2D eigenvalue weighted by Crippen LogP contribution is -2.48. The number of methoxy groups -OCH3 is 1. The number of hydrogen-bond donors (Lipinski definition) is 1. The summed E-state index contributed by atoms with van der Waals surface area (Å²) in [5.41, 5.74) is 1.24. The summed E-state index contributed by atoms with van der Waals surface area (Å²) in [6.07, 6.45) is 2.04. The van der Waals surface area contributed by atoms with Crippen LogP contribution in [-0.2, 0) is 11.2 Å². The summed E-state index contributed by atoms with van der Waals surface area (Å²) in [6, 6.07) is 8.12. The minimum Gasteiger partial charge on any atom is -0.497 e. The van der Waals surface area contributed by atoms with Gasteiger partial charge in [-0.2, -0.15) is 11.8 Å². The fourth-order valence-corrected chi connectivity index (χ4v) is 4.00. The molecule has 1 unspecified atom stereocenters. The Bertz CT molecular complexity index is 619. The van der Waals surface area contributed by atoms with E-state index < -0.39 is 0 Å². The number of amides is 1. The lowest BCUT2D eigenvalue weighted by molar-refractivity contribution is -0.127. The number of likely N-dealkylation sites (N-methyl/N-ethyl adjacent to an activating group) is 1. The molecule has 150 valence electrons. The molecular formula is C20H32N4O2S. The zero-order valence-electron chi connectivity index (χ0n) is 16.9. The van der Waals surface area contributed by atoms with Crippen LogP contribution in [0.15, 0.2) is 29.3 Å². The molecule has 0 radical (unpaired) electrons. The van der Waals surface area contributed by atoms with Gasteiger partial charge in [-0.15, -0.1) is 0 Å². The summed E-state index contributed by atoms with van der Waals surface area (Å²) in [5, 5.41) is 4.09. The second-order valence-electron chi connectivity index (χ2n) is 6.80. The standard InChI is InChI=1S/C20H32N4O2S/c1-5-18-15-24(12-13-27-18)20(22-14-19(25)23(2)3)21-11-10-16-6-8-17(26-4)9-7-16/h6-9,18H,5,10-15H2,1-4H3,(H,21,22). The molecule has 0 spiro atoms. The van der Waals surface area contributed by atoms with Crippen molar-refractivity contribution in [3.63, 3.8) is 0 Å². The van der Waals surface area contributed by atoms with Crippen LogP contribution >= 0.6 is 11.8 Å². The molecule has 1 heterocycles. The maximum atomic E-state index is 12.0. The number of carbonyl (C=O) groups is 1. The fourth-order valence-electron chi connectivity index (χ4n) is 2.82. The number of thioether (sulfide) groups is 1. The Morgan fingerprint density at radius 2 is 2.11 bits per heavy atom. The molecule has 27 heavy (non-hydrogen) atoms. The van der Waals surface area contributed by atoms with Crippen LogP contribution in [0.25, 0.3) is 0 Å². The molecule has 1 amide bonds. The first-order valence-corrected chi connectivity index (χ1v) is 10.6. The summed E-state index contributed by atoms with van der Waals surface area (Å²) >= 11 is 2.03. The smallest absolute Gasteiger partial charge is 0.243 e. The van der Waals surface area contributed by atoms with E-state index >= 15 is 0 Å². The third kappa shape index (κ3) is 6.97. The number of aliphatic imine (C=N–C) groups is 1. The molecule has 1 saturated heterocycles. The van der Waals surface area contributed by atoms with Crippen LogP contribution in [0.1, 0.15) is 18.9 Å². The molecule has 1 aromatic rings. The number of hydrogen-bond acceptors (Lipinski definition) is 4. The van der Waals surface area contributed by atoms with Crippen molar-refractivity contribution in [2.75, 3.05) is 53.1 Å². The average Bonchev–Trinajstić information content (AvgIpc) is 2.70. The van der Waals surface area contributed by atoms with E-state index in [1.54, 1.807) is 26.1 Å². The maximum Gasteiger partial charge on any atom is 0.243 e. The highest BCUT2D eigenvalue weighted by atomic mass is 32.2. The number of guanidine groups is 1. The third-order valence-corrected chi connectivity index (χ3v) is 5.98. The summed E-state index contributed by atoms with van der Waals surface area (Å²) in [6.45, 7) is 5.13. The van der Waals surface area contributed by atoms with Crippen molar-refractivity contribution in [3.05, 3.63) is 29.8 Å². The number of carbonyl (C=O) groups excluding carboxylic acids is 1. The molecule has 2 rings (SSSR count). The van der Waals surface area contributed by atoms with E-state index in [0.717, 1.165) is 49.9 Å². The van der Waals surface area contributed by atoms with Crippen molar-refractivity contribution in [2.45, 2.75) is 25.0 Å². The quantitative estimate of drug-likeness (QED) is 0.569. The first kappa shape index (κ1) is 21.4. The lowest BCUT2D eigenvalue weighted by atomic mass is 10.1. The van der Waals surface area contributed by atoms with Gasteiger partial charge in [0.25, 0.3) is 0 Å². The maximum absolute atomic E-state index is 12.0. The predicted octanol–water partition coefficient (Wildman–Crippen LogP) is 2.10. The van der Waals surface area contributed by atoms with Crippen LogP contribution in [0, 0.1) is 0 Å². The summed E-state index contributed by atoms with van der Waals surface area (Å²) in [4.78, 5) is 20.4. The SMILES string of the molecule is CCC1CN(C(=NCC(=O)N(C)C)NCCc2ccc(OC)cc2)CCS1. The van der Waals surface area contributed by atoms with Gasteiger partial charge in [0.15, 0.2) is 5.96 Å². The number of rotatable bonds is 7. The van der Waals surface area contributed by atoms with Crippen LogP contribution in [0.2, 0.25) is 0 Å². The molecule has 1 fully saturated rings. The normalized spacial score (nSPS) is 17.6. The van der Waals surface area contributed by atoms with Gasteiger partial charge in [0.1, 0.15) is 12.3 Å². The van der Waals surface area contributed by atoms with Crippen molar-refractivity contribution in [1.82, 2.24) is 15.1 Å². The summed E-state index contributed by atoms with van der Waals surface area (Å²) in [7, 11) is 5.20. The van der Waals surface area contributed by atoms with Gasteiger partial charge in [0.2, 0.25) is 5.91 Å². The van der Waals surface area contributed by atoms with Crippen molar-refractivity contribution in [1.29, 1.82) is 0 Å². The van der Waals surface area contributed by atoms with E-state index in [2.05, 4.69) is 34.3 Å². The Labute approximate surface area is 167 Å². The molecule has 1 aromatic carbocycles. The monoisotopic (exact) mass is 392 g/mol. The second kappa shape index (κ2) is 11.1. The van der Waals surface area contributed by atoms with Gasteiger partial charge in [0, 0.05) is 44.7 Å². The first-order valence-electron chi connectivity index (χ1n) is 9.51. The largest absolute Gasteiger partial charge is 0.497 e. The molecule has 1 N–H and O–H groups in total. The Kier molecular flexibility index (Phi) is 8.78. The first-order chi connectivity index (χ1) is 13.0. The van der Waals surface area contributed by atoms with Gasteiger partial charge in [-0.05, 0) is 30.5 Å². The van der Waals surface area contributed by atoms with E-state index in [1.165, 1.54) is 5.56 Å². The molecule has 1 aliphatic rings. The van der Waals surface area contributed by atoms with Crippen molar-refractivity contribution in [2.24, 2.45) is 4.99 Å². The minimum atomic E-state index is 0.0166. The van der Waals surface area contributed by atoms with Gasteiger partial charge in [-0.3, -0.25) is 4.79 Å². The molecule has 6 nitrogen and oxygen atoms in total. The molecule has 0 saturated carbocycles. The third-order valence-electron chi connectivity index (χ3n) is 4.61. The lowest BCUT2D eigenvalue weighted by Gasteiger charge is -2.34. The van der Waals surface area contributed by atoms with Gasteiger partial charge in [-0.25, -0.2) is 4.99 Å². The van der Waals surface area contributed by atoms with E-state index in [4.69, 9.17) is 4.74 Å². The number of ether oxygens (including phenoxy) is 1. The van der Waals surface area contributed by atoms with Crippen molar-refractivity contribution in [3.8, 4) is 5.75 Å². The number of benzene rings is 1. The molecule has 1 aliphatic heterocycles. The van der Waals surface area contributed by atoms with Gasteiger partial charge in [0.05, 0.1) is 7.11 Å². The topological polar surface area (TPSA) is 57.2 Å². The predicted molar refractivity (Wildman–Crippen MR) is 114 cm³/mol. The van der Waals surface area contributed by atoms with E-state index in [9.17, 15) is 4.79 Å². The Morgan fingerprint density at radius 3 is 2.74 bits per heavy atom. The highest BCUT2D eigenvalue weighted by Gasteiger charge is 2.22. The van der Waals surface area contributed by atoms with Gasteiger partial charge >= 0.3 is 0 Å². The molecule has 7 heteroatoms. The Morgan fingerprint density at radius 1 is 1.37 bits per heavy atom. The highest BCUT2D eigenvalue weighted by Crippen LogP contribution is 2.21. The van der Waals surface area contributed by atoms with Crippen LogP contribution < -0.4 is 10.1 Å². The minimum absolute atomic E-state index is 0.0166.